The second-order valence-electron chi connectivity index (χ2n) is 4.81. The van der Waals surface area contributed by atoms with E-state index in [1.807, 2.05) is 6.07 Å². The van der Waals surface area contributed by atoms with Crippen molar-refractivity contribution in [2.75, 3.05) is 13.2 Å². The number of hydrogen-bond acceptors (Lipinski definition) is 4. The molecule has 6 nitrogen and oxygen atoms in total. The Morgan fingerprint density at radius 1 is 1.26 bits per heavy atom. The molecule has 0 bridgehead atoms. The molecule has 0 spiro atoms. The zero-order valence-electron chi connectivity index (χ0n) is 12.4. The van der Waals surface area contributed by atoms with Crippen molar-refractivity contribution < 1.29 is 19.0 Å². The fourth-order valence-corrected chi connectivity index (χ4v) is 1.75. The van der Waals surface area contributed by atoms with Crippen LogP contribution >= 0.6 is 0 Å². The molecule has 3 N–H and O–H groups in total. The normalized spacial score (nSPS) is 11.6. The van der Waals surface area contributed by atoms with Crippen molar-refractivity contribution in [3.63, 3.8) is 0 Å². The summed E-state index contributed by atoms with van der Waals surface area (Å²) in [4.78, 5) is 15.7. The molecule has 0 aliphatic heterocycles. The van der Waals surface area contributed by atoms with Gasteiger partial charge in [0.25, 0.3) is 0 Å². The van der Waals surface area contributed by atoms with Crippen LogP contribution < -0.4 is 15.4 Å². The average Bonchev–Trinajstić information content (AvgIpc) is 2.57. The van der Waals surface area contributed by atoms with E-state index < -0.39 is 18.0 Å². The quantitative estimate of drug-likeness (QED) is 0.721. The Bertz CT molecular complexity index is 625. The number of carbonyl (C=O) groups is 1. The monoisotopic (exact) mass is 319 g/mol. The fraction of sp³-hybridized carbons (Fsp3) is 0.250. The molecule has 1 aromatic heterocycles. The molecule has 0 saturated carbocycles. The third-order valence-electron chi connectivity index (χ3n) is 2.89. The van der Waals surface area contributed by atoms with Crippen LogP contribution in [-0.4, -0.2) is 35.4 Å². The summed E-state index contributed by atoms with van der Waals surface area (Å²) in [6, 6.07) is 10.6. The van der Waals surface area contributed by atoms with Crippen LogP contribution in [-0.2, 0) is 6.54 Å². The van der Waals surface area contributed by atoms with Gasteiger partial charge in [-0.25, -0.2) is 9.18 Å². The Morgan fingerprint density at radius 3 is 2.87 bits per heavy atom. The summed E-state index contributed by atoms with van der Waals surface area (Å²) in [6.07, 6.45) is 0.737. The van der Waals surface area contributed by atoms with Gasteiger partial charge in [0.15, 0.2) is 0 Å². The molecule has 0 saturated heterocycles. The maximum absolute atomic E-state index is 13.0. The standard InChI is InChI=1S/C16H18FN3O3/c17-12-4-3-6-15(8-12)23-11-14(21)10-20-16(22)19-9-13-5-1-2-7-18-13/h1-8,14,21H,9-11H2,(H2,19,20,22)/t14-/m1/s1. The van der Waals surface area contributed by atoms with E-state index in [2.05, 4.69) is 15.6 Å². The van der Waals surface area contributed by atoms with Crippen molar-refractivity contribution in [1.29, 1.82) is 0 Å². The molecule has 2 aromatic rings. The van der Waals surface area contributed by atoms with E-state index in [4.69, 9.17) is 4.74 Å². The van der Waals surface area contributed by atoms with Gasteiger partial charge in [-0.3, -0.25) is 4.98 Å². The van der Waals surface area contributed by atoms with Crippen LogP contribution in [0.15, 0.2) is 48.7 Å². The number of hydrogen-bond donors (Lipinski definition) is 3. The number of ether oxygens (including phenoxy) is 1. The number of rotatable bonds is 7. The van der Waals surface area contributed by atoms with Gasteiger partial charge in [-0.15, -0.1) is 0 Å². The lowest BCUT2D eigenvalue weighted by Gasteiger charge is -2.13. The Morgan fingerprint density at radius 2 is 2.13 bits per heavy atom. The van der Waals surface area contributed by atoms with Gasteiger partial charge in [0.05, 0.1) is 12.2 Å². The van der Waals surface area contributed by atoms with Gasteiger partial charge in [-0.1, -0.05) is 12.1 Å². The van der Waals surface area contributed by atoms with Crippen LogP contribution in [0, 0.1) is 5.82 Å². The molecule has 122 valence electrons. The Balaban J connectivity index is 1.63. The number of nitrogens with one attached hydrogen (secondary N) is 2. The molecular weight excluding hydrogens is 301 g/mol. The van der Waals surface area contributed by atoms with Crippen LogP contribution in [0.3, 0.4) is 0 Å². The van der Waals surface area contributed by atoms with Gasteiger partial charge in [-0.05, 0) is 24.3 Å². The van der Waals surface area contributed by atoms with E-state index in [1.165, 1.54) is 18.2 Å². The molecule has 2 amide bonds. The Hall–Kier alpha value is -2.67. The summed E-state index contributed by atoms with van der Waals surface area (Å²) in [5.74, 6) is -0.0901. The van der Waals surface area contributed by atoms with E-state index in [-0.39, 0.29) is 13.2 Å². The number of aliphatic hydroxyl groups is 1. The van der Waals surface area contributed by atoms with Gasteiger partial charge >= 0.3 is 6.03 Å². The summed E-state index contributed by atoms with van der Waals surface area (Å²) in [5, 5.41) is 14.9. The largest absolute Gasteiger partial charge is 0.491 e. The van der Waals surface area contributed by atoms with E-state index in [1.54, 1.807) is 24.4 Å². The van der Waals surface area contributed by atoms with Crippen LogP contribution in [0.2, 0.25) is 0 Å². The fourth-order valence-electron chi connectivity index (χ4n) is 1.75. The Labute approximate surface area is 133 Å². The van der Waals surface area contributed by atoms with Crippen LogP contribution in [0.4, 0.5) is 9.18 Å². The first kappa shape index (κ1) is 16.7. The molecule has 0 unspecified atom stereocenters. The number of amides is 2. The van der Waals surface area contributed by atoms with Crippen LogP contribution in [0.5, 0.6) is 5.75 Å². The molecule has 7 heteroatoms. The topological polar surface area (TPSA) is 83.5 Å². The molecule has 23 heavy (non-hydrogen) atoms. The van der Waals surface area contributed by atoms with E-state index in [0.29, 0.717) is 12.3 Å². The van der Waals surface area contributed by atoms with Gasteiger partial charge in [0.1, 0.15) is 24.3 Å². The van der Waals surface area contributed by atoms with E-state index in [9.17, 15) is 14.3 Å². The highest BCUT2D eigenvalue weighted by molar-refractivity contribution is 5.73. The lowest BCUT2D eigenvalue weighted by Crippen LogP contribution is -2.41. The summed E-state index contributed by atoms with van der Waals surface area (Å²) < 4.78 is 18.2. The molecule has 1 heterocycles. The second kappa shape index (κ2) is 8.70. The smallest absolute Gasteiger partial charge is 0.315 e. The van der Waals surface area contributed by atoms with Crippen LogP contribution in [0.25, 0.3) is 0 Å². The minimum atomic E-state index is -0.904. The second-order valence-corrected chi connectivity index (χ2v) is 4.81. The van der Waals surface area contributed by atoms with Crippen molar-refractivity contribution in [3.8, 4) is 5.75 Å². The highest BCUT2D eigenvalue weighted by Gasteiger charge is 2.08. The molecule has 0 radical (unpaired) electrons. The van der Waals surface area contributed by atoms with Crippen LogP contribution in [0.1, 0.15) is 5.69 Å². The SMILES string of the molecule is O=C(NCc1ccccn1)NC[C@@H](O)COc1cccc(F)c1. The lowest BCUT2D eigenvalue weighted by atomic mass is 10.3. The molecule has 0 fully saturated rings. The molecular formula is C16H18FN3O3. The van der Waals surface area contributed by atoms with Crippen molar-refractivity contribution in [1.82, 2.24) is 15.6 Å². The number of nitrogens with zero attached hydrogens (tertiary/aromatic N) is 1. The number of halogens is 1. The molecule has 0 aliphatic rings. The highest BCUT2D eigenvalue weighted by Crippen LogP contribution is 2.11. The number of carbonyl (C=O) groups excluding carboxylic acids is 1. The van der Waals surface area contributed by atoms with Gasteiger partial charge < -0.3 is 20.5 Å². The van der Waals surface area contributed by atoms with Crippen molar-refractivity contribution in [2.24, 2.45) is 0 Å². The van der Waals surface area contributed by atoms with Crippen molar-refractivity contribution >= 4 is 6.03 Å². The van der Waals surface area contributed by atoms with Crippen molar-refractivity contribution in [2.45, 2.75) is 12.6 Å². The molecule has 1 atom stereocenters. The lowest BCUT2D eigenvalue weighted by molar-refractivity contribution is 0.107. The number of aliphatic hydroxyl groups excluding tert-OH is 1. The Kier molecular flexibility index (Phi) is 6.31. The average molecular weight is 319 g/mol. The summed E-state index contributed by atoms with van der Waals surface area (Å²) >= 11 is 0. The zero-order chi connectivity index (χ0) is 16.5. The molecule has 1 aromatic carbocycles. The van der Waals surface area contributed by atoms with Gasteiger partial charge in [0.2, 0.25) is 0 Å². The van der Waals surface area contributed by atoms with Gasteiger partial charge in [-0.2, -0.15) is 0 Å². The highest BCUT2D eigenvalue weighted by atomic mass is 19.1. The maximum Gasteiger partial charge on any atom is 0.315 e. The predicted molar refractivity (Wildman–Crippen MR) is 82.4 cm³/mol. The maximum atomic E-state index is 13.0. The third kappa shape index (κ3) is 6.31. The van der Waals surface area contributed by atoms with Crippen molar-refractivity contribution in [3.05, 3.63) is 60.2 Å². The molecule has 2 rings (SSSR count). The van der Waals surface area contributed by atoms with E-state index >= 15 is 0 Å². The summed E-state index contributed by atoms with van der Waals surface area (Å²) in [6.45, 7) is 0.260. The predicted octanol–water partition coefficient (Wildman–Crippen LogP) is 1.46. The first-order valence-electron chi connectivity index (χ1n) is 7.11. The first-order valence-corrected chi connectivity index (χ1v) is 7.11. The summed E-state index contributed by atoms with van der Waals surface area (Å²) in [7, 11) is 0. The van der Waals surface area contributed by atoms with E-state index in [0.717, 1.165) is 5.69 Å². The zero-order valence-corrected chi connectivity index (χ0v) is 12.4. The number of aromatic nitrogens is 1. The number of benzene rings is 1. The number of urea groups is 1. The minimum Gasteiger partial charge on any atom is -0.491 e. The van der Waals surface area contributed by atoms with Gasteiger partial charge in [0, 0.05) is 18.8 Å². The summed E-state index contributed by atoms with van der Waals surface area (Å²) in [5.41, 5.74) is 0.734. The molecule has 0 aliphatic carbocycles. The number of pyridine rings is 1. The minimum absolute atomic E-state index is 0.0172. The first-order chi connectivity index (χ1) is 11.1. The third-order valence-corrected chi connectivity index (χ3v) is 2.89.